The molecule has 2 aliphatic rings. The zero-order valence-corrected chi connectivity index (χ0v) is 23.8. The van der Waals surface area contributed by atoms with Gasteiger partial charge in [0.05, 0.1) is 5.02 Å². The Bertz CT molecular complexity index is 839. The molecule has 0 unspecified atom stereocenters. The number of likely N-dealkylation sites (tertiary alicyclic amines) is 1. The van der Waals surface area contributed by atoms with Crippen LogP contribution in [-0.2, 0) is 15.1 Å². The number of hydrogen-bond acceptors (Lipinski definition) is 4. The van der Waals surface area contributed by atoms with Crippen molar-refractivity contribution in [3.63, 3.8) is 0 Å². The molecular weight excluding hydrogens is 493 g/mol. The lowest BCUT2D eigenvalue weighted by Crippen LogP contribution is -2.54. The molecule has 2 fully saturated rings. The molecule has 1 aromatic rings. The molecule has 1 saturated heterocycles. The molecule has 0 spiro atoms. The number of likely N-dealkylation sites (N-methyl/N-ethyl adjacent to an activating group) is 1. The number of rotatable bonds is 13. The van der Waals surface area contributed by atoms with E-state index in [4.69, 9.17) is 21.1 Å². The highest BCUT2D eigenvalue weighted by Crippen LogP contribution is 2.44. The van der Waals surface area contributed by atoms with E-state index in [9.17, 15) is 4.79 Å². The molecule has 1 aliphatic carbocycles. The van der Waals surface area contributed by atoms with Crippen molar-refractivity contribution in [2.75, 3.05) is 47.5 Å². The van der Waals surface area contributed by atoms with Gasteiger partial charge in [0.2, 0.25) is 0 Å². The minimum atomic E-state index is -0.867. The lowest BCUT2D eigenvalue weighted by Gasteiger charge is -2.45. The summed E-state index contributed by atoms with van der Waals surface area (Å²) in [6.45, 7) is 2.62. The number of nitrogens with zero attached hydrogens (tertiary/aromatic N) is 1. The lowest BCUT2D eigenvalue weighted by molar-refractivity contribution is -0.0916. The van der Waals surface area contributed by atoms with Crippen LogP contribution in [0.3, 0.4) is 0 Å². The van der Waals surface area contributed by atoms with E-state index >= 15 is 4.39 Å². The smallest absolute Gasteiger partial charge is 0.317 e. The van der Waals surface area contributed by atoms with Crippen LogP contribution in [0.5, 0.6) is 0 Å². The second-order valence-electron chi connectivity index (χ2n) is 10.9. The Labute approximate surface area is 228 Å². The maximum absolute atomic E-state index is 15.4. The average molecular weight is 540 g/mol. The number of nitrogens with one attached hydrogen (secondary N) is 2. The zero-order valence-electron chi connectivity index (χ0n) is 23.0. The molecule has 210 valence electrons. The Morgan fingerprint density at radius 2 is 1.97 bits per heavy atom. The summed E-state index contributed by atoms with van der Waals surface area (Å²) in [7, 11) is 5.28. The maximum atomic E-state index is 15.4. The number of unbranched alkanes of at least 4 members (excludes halogenated alkanes) is 1. The quantitative estimate of drug-likeness (QED) is 0.296. The van der Waals surface area contributed by atoms with Gasteiger partial charge in [-0.2, -0.15) is 0 Å². The molecule has 3 atom stereocenters. The number of urea groups is 1. The van der Waals surface area contributed by atoms with Crippen LogP contribution in [-0.4, -0.2) is 64.5 Å². The molecule has 2 amide bonds. The van der Waals surface area contributed by atoms with Crippen molar-refractivity contribution >= 4 is 17.6 Å². The van der Waals surface area contributed by atoms with Gasteiger partial charge in [0.15, 0.2) is 0 Å². The van der Waals surface area contributed by atoms with Crippen LogP contribution >= 0.6 is 11.6 Å². The summed E-state index contributed by atoms with van der Waals surface area (Å²) in [6, 6.07) is 5.21. The van der Waals surface area contributed by atoms with Crippen LogP contribution in [0.1, 0.15) is 76.2 Å². The van der Waals surface area contributed by atoms with Crippen molar-refractivity contribution in [1.29, 1.82) is 0 Å². The first kappa shape index (κ1) is 30.1. The van der Waals surface area contributed by atoms with E-state index in [2.05, 4.69) is 10.6 Å². The normalized spacial score (nSPS) is 21.4. The molecule has 1 heterocycles. The Morgan fingerprint density at radius 1 is 1.19 bits per heavy atom. The Balaban J connectivity index is 1.76. The molecular formula is C29H47ClFN3O3. The van der Waals surface area contributed by atoms with E-state index in [0.29, 0.717) is 37.6 Å². The number of amides is 2. The first-order valence-corrected chi connectivity index (χ1v) is 14.5. The number of ether oxygens (including phenoxy) is 2. The fraction of sp³-hybridized carbons (Fsp3) is 0.759. The minimum absolute atomic E-state index is 0.0308. The standard InChI is InChI=1S/C29H47ClFN3O3/c1-32-20-24(19-22-11-5-4-6-12-22)33-28(35)34-17-10-13-23(21-34)29(37-3,16-7-8-18-36-2)25-14-9-15-26(30)27(25)31/h9,14-15,22-24,32H,4-8,10-13,16-21H2,1-3H3,(H,33,35)/t23-,24+,29+/m1/s1. The summed E-state index contributed by atoms with van der Waals surface area (Å²) in [5, 5.41) is 6.67. The first-order valence-electron chi connectivity index (χ1n) is 14.1. The highest BCUT2D eigenvalue weighted by atomic mass is 35.5. The molecule has 0 aromatic heterocycles. The number of halogens is 2. The third-order valence-electron chi connectivity index (χ3n) is 8.41. The number of methoxy groups -OCH3 is 2. The number of carbonyl (C=O) groups excluding carboxylic acids is 1. The van der Waals surface area contributed by atoms with Crippen LogP contribution in [0.25, 0.3) is 0 Å². The van der Waals surface area contributed by atoms with E-state index in [1.807, 2.05) is 11.9 Å². The molecule has 1 aliphatic heterocycles. The van der Waals surface area contributed by atoms with E-state index in [0.717, 1.165) is 38.6 Å². The molecule has 1 aromatic carbocycles. The predicted molar refractivity (Wildman–Crippen MR) is 148 cm³/mol. The highest BCUT2D eigenvalue weighted by molar-refractivity contribution is 6.30. The van der Waals surface area contributed by atoms with Crippen LogP contribution in [0.4, 0.5) is 9.18 Å². The van der Waals surface area contributed by atoms with Gasteiger partial charge < -0.3 is 25.0 Å². The topological polar surface area (TPSA) is 62.8 Å². The second-order valence-corrected chi connectivity index (χ2v) is 11.3. The summed E-state index contributed by atoms with van der Waals surface area (Å²) < 4.78 is 26.9. The second kappa shape index (κ2) is 15.2. The van der Waals surface area contributed by atoms with Crippen molar-refractivity contribution in [2.24, 2.45) is 11.8 Å². The molecule has 1 saturated carbocycles. The van der Waals surface area contributed by atoms with Gasteiger partial charge in [-0.05, 0) is 57.6 Å². The van der Waals surface area contributed by atoms with Crippen molar-refractivity contribution in [3.05, 3.63) is 34.6 Å². The van der Waals surface area contributed by atoms with E-state index in [1.54, 1.807) is 32.4 Å². The molecule has 37 heavy (non-hydrogen) atoms. The Kier molecular flexibility index (Phi) is 12.4. The molecule has 0 bridgehead atoms. The van der Waals surface area contributed by atoms with Crippen molar-refractivity contribution in [3.8, 4) is 0 Å². The molecule has 2 N–H and O–H groups in total. The third kappa shape index (κ3) is 8.04. The first-order chi connectivity index (χ1) is 17.9. The van der Waals surface area contributed by atoms with E-state index in [-0.39, 0.29) is 23.0 Å². The Morgan fingerprint density at radius 3 is 2.68 bits per heavy atom. The van der Waals surface area contributed by atoms with Crippen molar-refractivity contribution in [1.82, 2.24) is 15.5 Å². The molecule has 3 rings (SSSR count). The monoisotopic (exact) mass is 539 g/mol. The van der Waals surface area contributed by atoms with Gasteiger partial charge in [0.25, 0.3) is 0 Å². The number of carbonyl (C=O) groups is 1. The van der Waals surface area contributed by atoms with Crippen LogP contribution in [0.15, 0.2) is 18.2 Å². The van der Waals surface area contributed by atoms with Crippen LogP contribution < -0.4 is 10.6 Å². The fourth-order valence-corrected chi connectivity index (χ4v) is 6.65. The van der Waals surface area contributed by atoms with Crippen molar-refractivity contribution in [2.45, 2.75) is 82.3 Å². The van der Waals surface area contributed by atoms with Gasteiger partial charge in [-0.25, -0.2) is 9.18 Å². The summed E-state index contributed by atoms with van der Waals surface area (Å²) in [5.41, 5.74) is -0.383. The highest BCUT2D eigenvalue weighted by Gasteiger charge is 2.45. The molecule has 6 nitrogen and oxygen atoms in total. The van der Waals surface area contributed by atoms with Gasteiger partial charge in [-0.3, -0.25) is 0 Å². The Hall–Kier alpha value is -1.41. The predicted octanol–water partition coefficient (Wildman–Crippen LogP) is 6.12. The number of hydrogen-bond donors (Lipinski definition) is 2. The fourth-order valence-electron chi connectivity index (χ4n) is 6.48. The van der Waals surface area contributed by atoms with Gasteiger partial charge in [-0.1, -0.05) is 55.8 Å². The van der Waals surface area contributed by atoms with Gasteiger partial charge in [0.1, 0.15) is 11.4 Å². The van der Waals surface area contributed by atoms with Gasteiger partial charge in [0, 0.05) is 58.0 Å². The third-order valence-corrected chi connectivity index (χ3v) is 8.70. The zero-order chi connectivity index (χ0) is 26.7. The van der Waals surface area contributed by atoms with Crippen LogP contribution in [0, 0.1) is 17.7 Å². The summed E-state index contributed by atoms with van der Waals surface area (Å²) >= 11 is 6.21. The van der Waals surface area contributed by atoms with E-state index in [1.165, 1.54) is 32.1 Å². The number of benzene rings is 1. The van der Waals surface area contributed by atoms with E-state index < -0.39 is 11.4 Å². The largest absolute Gasteiger partial charge is 0.385 e. The molecule has 8 heteroatoms. The van der Waals surface area contributed by atoms with Gasteiger partial charge >= 0.3 is 6.03 Å². The SMILES string of the molecule is CNC[C@H](CC1CCCCC1)NC(=O)N1CCC[C@@H]([C@](CCCCOC)(OC)c2cccc(Cl)c2F)C1. The summed E-state index contributed by atoms with van der Waals surface area (Å²) in [5.74, 6) is 0.204. The van der Waals surface area contributed by atoms with Crippen LogP contribution in [0.2, 0.25) is 5.02 Å². The average Bonchev–Trinajstić information content (AvgIpc) is 2.92. The maximum Gasteiger partial charge on any atom is 0.317 e. The molecule has 0 radical (unpaired) electrons. The summed E-state index contributed by atoms with van der Waals surface area (Å²) in [6.07, 6.45) is 11.5. The minimum Gasteiger partial charge on any atom is -0.385 e. The van der Waals surface area contributed by atoms with Gasteiger partial charge in [-0.15, -0.1) is 0 Å². The number of piperidine rings is 1. The lowest BCUT2D eigenvalue weighted by atomic mass is 9.73. The summed E-state index contributed by atoms with van der Waals surface area (Å²) in [4.78, 5) is 15.4. The van der Waals surface area contributed by atoms with Crippen molar-refractivity contribution < 1.29 is 18.7 Å².